The van der Waals surface area contributed by atoms with E-state index in [1.165, 1.54) is 24.3 Å². The molecule has 0 atom stereocenters. The van der Waals surface area contributed by atoms with Gasteiger partial charge in [0.05, 0.1) is 11.4 Å². The number of hydrogen-bond acceptors (Lipinski definition) is 3. The number of benzene rings is 1. The summed E-state index contributed by atoms with van der Waals surface area (Å²) in [6.07, 6.45) is -15.3. The lowest BCUT2D eigenvalue weighted by atomic mass is 10.2. The van der Waals surface area contributed by atoms with Crippen molar-refractivity contribution in [3.8, 4) is 0 Å². The maximum absolute atomic E-state index is 12.2. The molecule has 0 fully saturated rings. The van der Waals surface area contributed by atoms with Crippen molar-refractivity contribution in [1.29, 1.82) is 0 Å². The molecule has 0 bridgehead atoms. The highest BCUT2D eigenvalue weighted by Gasteiger charge is 2.58. The number of anilines is 2. The molecule has 4 nitrogen and oxygen atoms in total. The monoisotopic (exact) mass is 316 g/mol. The lowest BCUT2D eigenvalue weighted by Gasteiger charge is -2.22. The Bertz CT molecular complexity index is 486. The van der Waals surface area contributed by atoms with E-state index in [0.717, 1.165) is 0 Å². The molecule has 21 heavy (non-hydrogen) atoms. The van der Waals surface area contributed by atoms with Gasteiger partial charge in [0.25, 0.3) is 0 Å². The molecule has 0 heterocycles. The molecule has 0 aliphatic carbocycles. The minimum Gasteiger partial charge on any atom is -0.397 e. The van der Waals surface area contributed by atoms with Crippen molar-refractivity contribution < 1.29 is 35.9 Å². The topological polar surface area (TPSA) is 64.3 Å². The van der Waals surface area contributed by atoms with Gasteiger partial charge in [0.2, 0.25) is 12.0 Å². The normalized spacial score (nSPS) is 12.5. The Morgan fingerprint density at radius 2 is 1.67 bits per heavy atom. The van der Waals surface area contributed by atoms with Gasteiger partial charge in [-0.25, -0.2) is 0 Å². The number of ether oxygens (including phenoxy) is 1. The number of hydrogen-bond donors (Lipinski definition) is 2. The van der Waals surface area contributed by atoms with Crippen LogP contribution in [0.5, 0.6) is 0 Å². The molecule has 0 unspecified atom stereocenters. The minimum absolute atomic E-state index is 0.0571. The summed E-state index contributed by atoms with van der Waals surface area (Å²) in [7, 11) is 0. The second kappa shape index (κ2) is 6.20. The number of carbonyl (C=O) groups is 1. The SMILES string of the molecule is Nc1ccccc1NC(=O)COC(C(F)(F)F)C(F)(F)F. The zero-order valence-corrected chi connectivity index (χ0v) is 10.3. The van der Waals surface area contributed by atoms with Gasteiger partial charge in [-0.3, -0.25) is 4.79 Å². The van der Waals surface area contributed by atoms with Crippen LogP contribution < -0.4 is 11.1 Å². The molecule has 0 aromatic heterocycles. The van der Waals surface area contributed by atoms with Crippen LogP contribution in [0.1, 0.15) is 0 Å². The van der Waals surface area contributed by atoms with E-state index >= 15 is 0 Å². The number of nitrogen functional groups attached to an aromatic ring is 1. The highest BCUT2D eigenvalue weighted by atomic mass is 19.4. The van der Waals surface area contributed by atoms with Crippen LogP contribution in [0, 0.1) is 0 Å². The highest BCUT2D eigenvalue weighted by molar-refractivity contribution is 5.94. The van der Waals surface area contributed by atoms with Gasteiger partial charge in [0.15, 0.2) is 0 Å². The van der Waals surface area contributed by atoms with Gasteiger partial charge in [0.1, 0.15) is 6.61 Å². The zero-order valence-electron chi connectivity index (χ0n) is 10.3. The Morgan fingerprint density at radius 1 is 1.14 bits per heavy atom. The summed E-state index contributed by atoms with van der Waals surface area (Å²) < 4.78 is 76.6. The fourth-order valence-electron chi connectivity index (χ4n) is 1.33. The van der Waals surface area contributed by atoms with Crippen LogP contribution in [-0.4, -0.2) is 31.0 Å². The lowest BCUT2D eigenvalue weighted by Crippen LogP contribution is -2.45. The summed E-state index contributed by atoms with van der Waals surface area (Å²) in [5.41, 5.74) is 5.61. The average Bonchev–Trinajstić information content (AvgIpc) is 2.28. The molecule has 1 rings (SSSR count). The van der Waals surface area contributed by atoms with Crippen molar-refractivity contribution in [3.05, 3.63) is 24.3 Å². The van der Waals surface area contributed by atoms with Gasteiger partial charge >= 0.3 is 12.4 Å². The van der Waals surface area contributed by atoms with E-state index in [9.17, 15) is 31.1 Å². The number of halogens is 6. The second-order valence-electron chi connectivity index (χ2n) is 3.91. The molecular weight excluding hydrogens is 306 g/mol. The second-order valence-corrected chi connectivity index (χ2v) is 3.91. The van der Waals surface area contributed by atoms with Crippen molar-refractivity contribution >= 4 is 17.3 Å². The quantitative estimate of drug-likeness (QED) is 0.663. The van der Waals surface area contributed by atoms with Gasteiger partial charge in [-0.1, -0.05) is 12.1 Å². The van der Waals surface area contributed by atoms with Crippen molar-refractivity contribution in [2.45, 2.75) is 18.5 Å². The van der Waals surface area contributed by atoms with Crippen LogP contribution in [0.15, 0.2) is 24.3 Å². The molecule has 1 amide bonds. The third kappa shape index (κ3) is 5.14. The third-order valence-corrected chi connectivity index (χ3v) is 2.21. The average molecular weight is 316 g/mol. The number of rotatable bonds is 4. The van der Waals surface area contributed by atoms with E-state index in [1.54, 1.807) is 0 Å². The number of nitrogens with one attached hydrogen (secondary N) is 1. The predicted octanol–water partition coefficient (Wildman–Crippen LogP) is 2.72. The first-order valence-electron chi connectivity index (χ1n) is 5.41. The lowest BCUT2D eigenvalue weighted by molar-refractivity contribution is -0.319. The van der Waals surface area contributed by atoms with Gasteiger partial charge in [-0.2, -0.15) is 26.3 Å². The summed E-state index contributed by atoms with van der Waals surface area (Å²) in [6, 6.07) is 5.73. The summed E-state index contributed by atoms with van der Waals surface area (Å²) >= 11 is 0. The van der Waals surface area contributed by atoms with Gasteiger partial charge in [-0.05, 0) is 12.1 Å². The molecule has 10 heteroatoms. The smallest absolute Gasteiger partial charge is 0.397 e. The minimum atomic E-state index is -5.66. The van der Waals surface area contributed by atoms with E-state index in [4.69, 9.17) is 5.73 Å². The largest absolute Gasteiger partial charge is 0.423 e. The molecule has 0 saturated carbocycles. The Hall–Kier alpha value is -1.97. The van der Waals surface area contributed by atoms with Gasteiger partial charge < -0.3 is 15.8 Å². The van der Waals surface area contributed by atoms with Gasteiger partial charge in [0, 0.05) is 0 Å². The zero-order chi connectivity index (χ0) is 16.3. The molecular formula is C11H10F6N2O2. The molecule has 1 aromatic rings. The molecule has 118 valence electrons. The Morgan fingerprint density at radius 3 is 2.14 bits per heavy atom. The molecule has 1 aromatic carbocycles. The van der Waals surface area contributed by atoms with E-state index in [-0.39, 0.29) is 11.4 Å². The van der Waals surface area contributed by atoms with E-state index in [0.29, 0.717) is 0 Å². The maximum Gasteiger partial charge on any atom is 0.423 e. The van der Waals surface area contributed by atoms with Crippen molar-refractivity contribution in [2.75, 3.05) is 17.7 Å². The van der Waals surface area contributed by atoms with Crippen molar-refractivity contribution in [2.24, 2.45) is 0 Å². The molecule has 0 aliphatic rings. The predicted molar refractivity (Wildman–Crippen MR) is 61.3 cm³/mol. The van der Waals surface area contributed by atoms with Crippen LogP contribution in [0.3, 0.4) is 0 Å². The van der Waals surface area contributed by atoms with Crippen LogP contribution in [0.25, 0.3) is 0 Å². The Balaban J connectivity index is 2.65. The molecule has 0 spiro atoms. The first-order chi connectivity index (χ1) is 9.51. The van der Waals surface area contributed by atoms with E-state index in [2.05, 4.69) is 4.74 Å². The van der Waals surface area contributed by atoms with Crippen molar-refractivity contribution in [1.82, 2.24) is 0 Å². The third-order valence-electron chi connectivity index (χ3n) is 2.21. The number of para-hydroxylation sites is 2. The number of carbonyl (C=O) groups excluding carboxylic acids is 1. The first kappa shape index (κ1) is 17.1. The fourth-order valence-corrected chi connectivity index (χ4v) is 1.33. The summed E-state index contributed by atoms with van der Waals surface area (Å²) in [5, 5.41) is 2.04. The van der Waals surface area contributed by atoms with Crippen LogP contribution >= 0.6 is 0 Å². The Kier molecular flexibility index (Phi) is 5.05. The van der Waals surface area contributed by atoms with E-state index < -0.39 is 31.0 Å². The summed E-state index contributed by atoms with van der Waals surface area (Å²) in [4.78, 5) is 11.3. The van der Waals surface area contributed by atoms with Crippen LogP contribution in [-0.2, 0) is 9.53 Å². The Labute approximate surface area is 114 Å². The molecule has 0 radical (unpaired) electrons. The summed E-state index contributed by atoms with van der Waals surface area (Å²) in [5.74, 6) is -1.19. The number of amides is 1. The summed E-state index contributed by atoms with van der Waals surface area (Å²) in [6.45, 7) is -1.42. The maximum atomic E-state index is 12.2. The highest BCUT2D eigenvalue weighted by Crippen LogP contribution is 2.35. The fraction of sp³-hybridized carbons (Fsp3) is 0.364. The first-order valence-corrected chi connectivity index (χ1v) is 5.41. The van der Waals surface area contributed by atoms with Crippen LogP contribution in [0.2, 0.25) is 0 Å². The molecule has 0 aliphatic heterocycles. The standard InChI is InChI=1S/C11H10F6N2O2/c12-10(13,14)9(11(15,16)17)21-5-8(20)19-7-4-2-1-3-6(7)18/h1-4,9H,5,18H2,(H,19,20). The molecule has 0 saturated heterocycles. The van der Waals surface area contributed by atoms with Crippen LogP contribution in [0.4, 0.5) is 37.7 Å². The van der Waals surface area contributed by atoms with E-state index in [1.807, 2.05) is 5.32 Å². The molecule has 3 N–H and O–H groups in total. The number of nitrogens with two attached hydrogens (primary N) is 1. The number of alkyl halides is 6. The van der Waals surface area contributed by atoms with Gasteiger partial charge in [-0.15, -0.1) is 0 Å². The van der Waals surface area contributed by atoms with Crippen molar-refractivity contribution in [3.63, 3.8) is 0 Å².